The molecule has 148 valence electrons. The number of thiazole rings is 1. The number of benzene rings is 2. The summed E-state index contributed by atoms with van der Waals surface area (Å²) in [4.78, 5) is 31.2. The van der Waals surface area contributed by atoms with Crippen molar-refractivity contribution in [3.05, 3.63) is 76.3 Å². The van der Waals surface area contributed by atoms with E-state index in [1.165, 1.54) is 16.9 Å². The molecular formula is C22H21N3O3S. The summed E-state index contributed by atoms with van der Waals surface area (Å²) in [5.74, 6) is 0.676. The van der Waals surface area contributed by atoms with Crippen molar-refractivity contribution in [2.75, 3.05) is 19.0 Å². The van der Waals surface area contributed by atoms with Gasteiger partial charge in [-0.25, -0.2) is 4.98 Å². The second kappa shape index (κ2) is 8.45. The van der Waals surface area contributed by atoms with E-state index in [9.17, 15) is 9.59 Å². The zero-order chi connectivity index (χ0) is 20.2. The maximum Gasteiger partial charge on any atom is 0.257 e. The Morgan fingerprint density at radius 1 is 1.17 bits per heavy atom. The van der Waals surface area contributed by atoms with Crippen LogP contribution >= 0.6 is 11.3 Å². The van der Waals surface area contributed by atoms with Crippen LogP contribution in [0.1, 0.15) is 27.2 Å². The van der Waals surface area contributed by atoms with Crippen LogP contribution in [0.5, 0.6) is 5.75 Å². The maximum absolute atomic E-state index is 12.7. The predicted molar refractivity (Wildman–Crippen MR) is 112 cm³/mol. The molecule has 0 unspecified atom stereocenters. The molecule has 0 fully saturated rings. The van der Waals surface area contributed by atoms with E-state index in [4.69, 9.17) is 4.74 Å². The molecule has 2 heterocycles. The number of nitrogens with zero attached hydrogens (tertiary/aromatic N) is 2. The Hall–Kier alpha value is -3.19. The molecule has 2 amide bonds. The van der Waals surface area contributed by atoms with Crippen molar-refractivity contribution in [1.29, 1.82) is 0 Å². The minimum Gasteiger partial charge on any atom is -0.497 e. The smallest absolute Gasteiger partial charge is 0.257 e. The number of carbonyl (C=O) groups excluding carboxylic acids is 2. The van der Waals surface area contributed by atoms with E-state index in [1.54, 1.807) is 19.2 Å². The second-order valence-electron chi connectivity index (χ2n) is 6.84. The Morgan fingerprint density at radius 2 is 2.00 bits per heavy atom. The van der Waals surface area contributed by atoms with E-state index in [0.29, 0.717) is 29.5 Å². The molecule has 7 heteroatoms. The lowest BCUT2D eigenvalue weighted by molar-refractivity contribution is -0.131. The fourth-order valence-corrected chi connectivity index (χ4v) is 4.05. The normalized spacial score (nSPS) is 12.9. The van der Waals surface area contributed by atoms with Crippen molar-refractivity contribution in [3.63, 3.8) is 0 Å². The third kappa shape index (κ3) is 4.46. The molecule has 4 rings (SSSR count). The number of aromatic nitrogens is 1. The highest BCUT2D eigenvalue weighted by Crippen LogP contribution is 2.24. The van der Waals surface area contributed by atoms with Crippen LogP contribution in [0.25, 0.3) is 0 Å². The van der Waals surface area contributed by atoms with Crippen molar-refractivity contribution in [1.82, 2.24) is 9.88 Å². The number of hydrogen-bond donors (Lipinski definition) is 1. The van der Waals surface area contributed by atoms with Crippen LogP contribution in [0.15, 0.2) is 53.9 Å². The van der Waals surface area contributed by atoms with Crippen LogP contribution in [0, 0.1) is 0 Å². The number of carbonyl (C=O) groups is 2. The first-order valence-electron chi connectivity index (χ1n) is 9.37. The standard InChI is InChI=1S/C22H21N3O3S/c1-28-19-8-7-17-13-25(10-9-16(17)11-19)20(26)12-18-14-29-22(23-18)24-21(27)15-5-3-2-4-6-15/h2-8,11,14H,9-10,12-13H2,1H3,(H,23,24,27). The molecule has 1 aliphatic heterocycles. The van der Waals surface area contributed by atoms with E-state index in [2.05, 4.69) is 10.3 Å². The minimum atomic E-state index is -0.208. The number of ether oxygens (including phenoxy) is 1. The van der Waals surface area contributed by atoms with E-state index in [1.807, 2.05) is 46.7 Å². The van der Waals surface area contributed by atoms with Gasteiger partial charge in [0.2, 0.25) is 5.91 Å². The molecule has 0 bridgehead atoms. The van der Waals surface area contributed by atoms with Gasteiger partial charge in [-0.05, 0) is 41.8 Å². The molecule has 0 radical (unpaired) electrons. The summed E-state index contributed by atoms with van der Waals surface area (Å²) in [6.07, 6.45) is 1.04. The van der Waals surface area contributed by atoms with Gasteiger partial charge in [0, 0.05) is 24.0 Å². The lowest BCUT2D eigenvalue weighted by atomic mass is 9.99. The molecule has 0 saturated heterocycles. The number of anilines is 1. The third-order valence-corrected chi connectivity index (χ3v) is 5.73. The number of rotatable bonds is 5. The number of methoxy groups -OCH3 is 1. The summed E-state index contributed by atoms with van der Waals surface area (Å²) in [6.45, 7) is 1.28. The van der Waals surface area contributed by atoms with Gasteiger partial charge in [-0.1, -0.05) is 24.3 Å². The van der Waals surface area contributed by atoms with Gasteiger partial charge in [-0.3, -0.25) is 14.9 Å². The number of amides is 2. The van der Waals surface area contributed by atoms with Crippen LogP contribution in [0.4, 0.5) is 5.13 Å². The van der Waals surface area contributed by atoms with E-state index in [-0.39, 0.29) is 18.2 Å². The van der Waals surface area contributed by atoms with Crippen LogP contribution in [0.3, 0.4) is 0 Å². The predicted octanol–water partition coefficient (Wildman–Crippen LogP) is 3.53. The fourth-order valence-electron chi connectivity index (χ4n) is 3.34. The zero-order valence-electron chi connectivity index (χ0n) is 16.1. The maximum atomic E-state index is 12.7. The molecule has 1 N–H and O–H groups in total. The lowest BCUT2D eigenvalue weighted by Gasteiger charge is -2.29. The summed E-state index contributed by atoms with van der Waals surface area (Å²) in [6, 6.07) is 15.0. The number of fused-ring (bicyclic) bond motifs is 1. The van der Waals surface area contributed by atoms with Gasteiger partial charge in [-0.15, -0.1) is 11.3 Å². The van der Waals surface area contributed by atoms with Crippen LogP contribution < -0.4 is 10.1 Å². The monoisotopic (exact) mass is 407 g/mol. The average Bonchev–Trinajstić information content (AvgIpc) is 3.20. The molecule has 0 aliphatic carbocycles. The molecule has 0 spiro atoms. The summed E-state index contributed by atoms with van der Waals surface area (Å²) >= 11 is 1.33. The van der Waals surface area contributed by atoms with Crippen molar-refractivity contribution >= 4 is 28.3 Å². The minimum absolute atomic E-state index is 0.0395. The highest BCUT2D eigenvalue weighted by Gasteiger charge is 2.22. The molecular weight excluding hydrogens is 386 g/mol. The van der Waals surface area contributed by atoms with Crippen LogP contribution in [0.2, 0.25) is 0 Å². The molecule has 1 aliphatic rings. The van der Waals surface area contributed by atoms with E-state index < -0.39 is 0 Å². The van der Waals surface area contributed by atoms with Gasteiger partial charge in [0.15, 0.2) is 5.13 Å². The van der Waals surface area contributed by atoms with E-state index >= 15 is 0 Å². The first-order valence-corrected chi connectivity index (χ1v) is 10.2. The summed E-state index contributed by atoms with van der Waals surface area (Å²) < 4.78 is 5.27. The second-order valence-corrected chi connectivity index (χ2v) is 7.70. The molecule has 2 aromatic carbocycles. The molecule has 1 aromatic heterocycles. The molecule has 6 nitrogen and oxygen atoms in total. The number of hydrogen-bond acceptors (Lipinski definition) is 5. The molecule has 3 aromatic rings. The molecule has 0 saturated carbocycles. The summed E-state index contributed by atoms with van der Waals surface area (Å²) in [5, 5.41) is 5.11. The third-order valence-electron chi connectivity index (χ3n) is 4.92. The Labute approximate surface area is 173 Å². The molecule has 29 heavy (non-hydrogen) atoms. The van der Waals surface area contributed by atoms with Gasteiger partial charge in [-0.2, -0.15) is 0 Å². The highest BCUT2D eigenvalue weighted by atomic mass is 32.1. The fraction of sp³-hybridized carbons (Fsp3) is 0.227. The van der Waals surface area contributed by atoms with Crippen LogP contribution in [-0.4, -0.2) is 35.4 Å². The Kier molecular flexibility index (Phi) is 5.57. The lowest BCUT2D eigenvalue weighted by Crippen LogP contribution is -2.37. The van der Waals surface area contributed by atoms with Gasteiger partial charge >= 0.3 is 0 Å². The number of nitrogens with one attached hydrogen (secondary N) is 1. The zero-order valence-corrected chi connectivity index (χ0v) is 16.9. The average molecular weight is 407 g/mol. The van der Waals surface area contributed by atoms with Crippen molar-refractivity contribution < 1.29 is 14.3 Å². The van der Waals surface area contributed by atoms with Crippen molar-refractivity contribution in [3.8, 4) is 5.75 Å². The molecule has 0 atom stereocenters. The van der Waals surface area contributed by atoms with Crippen molar-refractivity contribution in [2.45, 2.75) is 19.4 Å². The Balaban J connectivity index is 1.36. The summed E-state index contributed by atoms with van der Waals surface area (Å²) in [5.41, 5.74) is 3.63. The van der Waals surface area contributed by atoms with Gasteiger partial charge in [0.05, 0.1) is 19.2 Å². The first kappa shape index (κ1) is 19.1. The van der Waals surface area contributed by atoms with Gasteiger partial charge < -0.3 is 9.64 Å². The van der Waals surface area contributed by atoms with Crippen LogP contribution in [-0.2, 0) is 24.2 Å². The van der Waals surface area contributed by atoms with Crippen molar-refractivity contribution in [2.24, 2.45) is 0 Å². The SMILES string of the molecule is COc1ccc2c(c1)CCN(C(=O)Cc1csc(NC(=O)c3ccccc3)n1)C2. The Bertz CT molecular complexity index is 1030. The van der Waals surface area contributed by atoms with Gasteiger partial charge in [0.1, 0.15) is 5.75 Å². The quantitative estimate of drug-likeness (QED) is 0.702. The van der Waals surface area contributed by atoms with Gasteiger partial charge in [0.25, 0.3) is 5.91 Å². The first-order chi connectivity index (χ1) is 14.1. The Morgan fingerprint density at radius 3 is 2.79 bits per heavy atom. The summed E-state index contributed by atoms with van der Waals surface area (Å²) in [7, 11) is 1.66. The highest BCUT2D eigenvalue weighted by molar-refractivity contribution is 7.14. The largest absolute Gasteiger partial charge is 0.497 e. The van der Waals surface area contributed by atoms with E-state index in [0.717, 1.165) is 17.7 Å². The topological polar surface area (TPSA) is 71.5 Å².